The fourth-order valence-corrected chi connectivity index (χ4v) is 3.32. The van der Waals surface area contributed by atoms with Crippen LogP contribution in [0.1, 0.15) is 16.8 Å². The zero-order valence-corrected chi connectivity index (χ0v) is 13.1. The highest BCUT2D eigenvalue weighted by molar-refractivity contribution is 5.94. The van der Waals surface area contributed by atoms with E-state index in [1.807, 2.05) is 30.3 Å². The van der Waals surface area contributed by atoms with Gasteiger partial charge in [-0.15, -0.1) is 0 Å². The first-order chi connectivity index (χ1) is 11.7. The molecule has 1 saturated carbocycles. The fourth-order valence-electron chi connectivity index (χ4n) is 3.32. The van der Waals surface area contributed by atoms with Crippen LogP contribution in [-0.2, 0) is 4.74 Å². The van der Waals surface area contributed by atoms with Crippen LogP contribution in [-0.4, -0.2) is 40.7 Å². The maximum atomic E-state index is 12.3. The summed E-state index contributed by atoms with van der Waals surface area (Å²) < 4.78 is 5.62. The van der Waals surface area contributed by atoms with E-state index in [9.17, 15) is 4.79 Å². The summed E-state index contributed by atoms with van der Waals surface area (Å²) in [5, 5.41) is 6.01. The quantitative estimate of drug-likeness (QED) is 0.777. The van der Waals surface area contributed by atoms with Gasteiger partial charge in [0.1, 0.15) is 0 Å². The SMILES string of the molecule is N[C@H]1[C@H]2CCO[C@H]2[C@@H]1NC(=O)c1cnc(Nc2ccccc2)nc1. The number of aromatic nitrogens is 2. The Bertz CT molecular complexity index is 722. The lowest BCUT2D eigenvalue weighted by molar-refractivity contribution is -0.0161. The van der Waals surface area contributed by atoms with Gasteiger partial charge in [0.2, 0.25) is 5.95 Å². The molecular formula is C17H19N5O2. The average molecular weight is 325 g/mol. The Kier molecular flexibility index (Phi) is 3.87. The number of anilines is 2. The van der Waals surface area contributed by atoms with E-state index in [-0.39, 0.29) is 24.1 Å². The zero-order valence-electron chi connectivity index (χ0n) is 13.1. The lowest BCUT2D eigenvalue weighted by Gasteiger charge is -2.45. The second-order valence-electron chi connectivity index (χ2n) is 6.15. The molecule has 7 heteroatoms. The number of carbonyl (C=O) groups is 1. The number of nitrogens with two attached hydrogens (primary N) is 1. The maximum absolute atomic E-state index is 12.3. The molecule has 2 heterocycles. The van der Waals surface area contributed by atoms with Crippen LogP contribution < -0.4 is 16.4 Å². The third kappa shape index (κ3) is 2.72. The fraction of sp³-hybridized carbons (Fsp3) is 0.353. The number of fused-ring (bicyclic) bond motifs is 1. The van der Waals surface area contributed by atoms with Gasteiger partial charge in [-0.2, -0.15) is 0 Å². The van der Waals surface area contributed by atoms with E-state index in [2.05, 4.69) is 20.6 Å². The van der Waals surface area contributed by atoms with Crippen LogP contribution in [0.2, 0.25) is 0 Å². The molecule has 1 aromatic heterocycles. The largest absolute Gasteiger partial charge is 0.376 e. The van der Waals surface area contributed by atoms with Crippen molar-refractivity contribution in [3.05, 3.63) is 48.3 Å². The molecule has 24 heavy (non-hydrogen) atoms. The van der Waals surface area contributed by atoms with Crippen molar-refractivity contribution in [3.63, 3.8) is 0 Å². The van der Waals surface area contributed by atoms with Gasteiger partial charge in [0.25, 0.3) is 5.91 Å². The number of rotatable bonds is 4. The Balaban J connectivity index is 1.38. The monoisotopic (exact) mass is 325 g/mol. The third-order valence-electron chi connectivity index (χ3n) is 4.69. The Morgan fingerprint density at radius 1 is 1.21 bits per heavy atom. The number of benzene rings is 1. The number of ether oxygens (including phenoxy) is 1. The number of amides is 1. The van der Waals surface area contributed by atoms with Crippen molar-refractivity contribution in [3.8, 4) is 0 Å². The molecule has 0 bridgehead atoms. The van der Waals surface area contributed by atoms with Crippen molar-refractivity contribution >= 4 is 17.5 Å². The second-order valence-corrected chi connectivity index (χ2v) is 6.15. The first-order valence-electron chi connectivity index (χ1n) is 8.04. The van der Waals surface area contributed by atoms with Gasteiger partial charge >= 0.3 is 0 Å². The summed E-state index contributed by atoms with van der Waals surface area (Å²) in [7, 11) is 0. The molecule has 1 aliphatic heterocycles. The molecular weight excluding hydrogens is 306 g/mol. The summed E-state index contributed by atoms with van der Waals surface area (Å²) in [6.07, 6.45) is 4.03. The van der Waals surface area contributed by atoms with Crippen molar-refractivity contribution < 1.29 is 9.53 Å². The predicted octanol–water partition coefficient (Wildman–Crippen LogP) is 1.06. The Hall–Kier alpha value is -2.51. The minimum atomic E-state index is -0.226. The highest BCUT2D eigenvalue weighted by atomic mass is 16.5. The van der Waals surface area contributed by atoms with E-state index >= 15 is 0 Å². The van der Waals surface area contributed by atoms with Crippen LogP contribution >= 0.6 is 0 Å². The Labute approximate surface area is 139 Å². The number of carbonyl (C=O) groups excluding carboxylic acids is 1. The lowest BCUT2D eigenvalue weighted by atomic mass is 9.72. The molecule has 2 fully saturated rings. The highest BCUT2D eigenvalue weighted by Gasteiger charge is 2.52. The zero-order chi connectivity index (χ0) is 16.5. The van der Waals surface area contributed by atoms with Crippen LogP contribution in [0.5, 0.6) is 0 Å². The molecule has 0 radical (unpaired) electrons. The van der Waals surface area contributed by atoms with Crippen LogP contribution in [0.4, 0.5) is 11.6 Å². The second kappa shape index (κ2) is 6.18. The van der Waals surface area contributed by atoms with E-state index in [1.165, 1.54) is 12.4 Å². The molecule has 1 amide bonds. The van der Waals surface area contributed by atoms with Crippen molar-refractivity contribution in [2.24, 2.45) is 11.7 Å². The molecule has 4 rings (SSSR count). The molecule has 0 unspecified atom stereocenters. The van der Waals surface area contributed by atoms with E-state index in [4.69, 9.17) is 10.5 Å². The summed E-state index contributed by atoms with van der Waals surface area (Å²) in [4.78, 5) is 20.7. The van der Waals surface area contributed by atoms with Gasteiger partial charge in [-0.3, -0.25) is 4.79 Å². The highest BCUT2D eigenvalue weighted by Crippen LogP contribution is 2.37. The normalized spacial score (nSPS) is 27.9. The van der Waals surface area contributed by atoms with Crippen LogP contribution in [0.3, 0.4) is 0 Å². The van der Waals surface area contributed by atoms with Gasteiger partial charge in [-0.05, 0) is 18.6 Å². The van der Waals surface area contributed by atoms with Crippen LogP contribution in [0, 0.1) is 5.92 Å². The molecule has 0 spiro atoms. The van der Waals surface area contributed by atoms with Gasteiger partial charge in [0.05, 0.1) is 17.7 Å². The molecule has 1 aromatic carbocycles. The summed E-state index contributed by atoms with van der Waals surface area (Å²) in [5.74, 6) is 0.581. The minimum absolute atomic E-state index is 0.0404. The predicted molar refractivity (Wildman–Crippen MR) is 88.8 cm³/mol. The molecule has 4 atom stereocenters. The van der Waals surface area contributed by atoms with E-state index < -0.39 is 0 Å². The van der Waals surface area contributed by atoms with Crippen molar-refractivity contribution in [2.45, 2.75) is 24.6 Å². The molecule has 2 aliphatic rings. The van der Waals surface area contributed by atoms with Gasteiger partial charge in [0, 0.05) is 36.6 Å². The minimum Gasteiger partial charge on any atom is -0.376 e. The van der Waals surface area contributed by atoms with E-state index in [0.29, 0.717) is 17.4 Å². The number of para-hydroxylation sites is 1. The number of nitrogens with one attached hydrogen (secondary N) is 2. The average Bonchev–Trinajstić information content (AvgIpc) is 3.06. The molecule has 7 nitrogen and oxygen atoms in total. The third-order valence-corrected chi connectivity index (χ3v) is 4.69. The molecule has 1 aliphatic carbocycles. The van der Waals surface area contributed by atoms with Crippen molar-refractivity contribution in [1.29, 1.82) is 0 Å². The Morgan fingerprint density at radius 3 is 2.71 bits per heavy atom. The topological polar surface area (TPSA) is 102 Å². The van der Waals surface area contributed by atoms with E-state index in [0.717, 1.165) is 18.7 Å². The molecule has 4 N–H and O–H groups in total. The van der Waals surface area contributed by atoms with E-state index in [1.54, 1.807) is 0 Å². The standard InChI is InChI=1S/C17H19N5O2/c18-13-12-6-7-24-15(12)14(13)22-16(23)10-8-19-17(20-9-10)21-11-4-2-1-3-5-11/h1-5,8-9,12-15H,6-7,18H2,(H,22,23)(H,19,20,21)/t12-,13+,14-,15-/m1/s1. The summed E-state index contributed by atoms with van der Waals surface area (Å²) >= 11 is 0. The summed E-state index contributed by atoms with van der Waals surface area (Å²) in [6.45, 7) is 0.721. The van der Waals surface area contributed by atoms with Gasteiger partial charge in [-0.25, -0.2) is 9.97 Å². The number of nitrogens with zero attached hydrogens (tertiary/aromatic N) is 2. The van der Waals surface area contributed by atoms with Gasteiger partial charge < -0.3 is 21.1 Å². The van der Waals surface area contributed by atoms with Crippen molar-refractivity contribution in [1.82, 2.24) is 15.3 Å². The Morgan fingerprint density at radius 2 is 1.96 bits per heavy atom. The molecule has 2 aromatic rings. The van der Waals surface area contributed by atoms with Crippen LogP contribution in [0.15, 0.2) is 42.7 Å². The van der Waals surface area contributed by atoms with Crippen LogP contribution in [0.25, 0.3) is 0 Å². The van der Waals surface area contributed by atoms with Gasteiger partial charge in [0.15, 0.2) is 0 Å². The lowest BCUT2D eigenvalue weighted by Crippen LogP contribution is -2.68. The first kappa shape index (κ1) is 15.0. The number of hydrogen-bond donors (Lipinski definition) is 3. The summed E-state index contributed by atoms with van der Waals surface area (Å²) in [6, 6.07) is 9.44. The van der Waals surface area contributed by atoms with Crippen molar-refractivity contribution in [2.75, 3.05) is 11.9 Å². The first-order valence-corrected chi connectivity index (χ1v) is 8.04. The maximum Gasteiger partial charge on any atom is 0.254 e. The van der Waals surface area contributed by atoms with Gasteiger partial charge in [-0.1, -0.05) is 18.2 Å². The smallest absolute Gasteiger partial charge is 0.254 e. The molecule has 1 saturated heterocycles. The number of hydrogen-bond acceptors (Lipinski definition) is 6. The summed E-state index contributed by atoms with van der Waals surface area (Å²) in [5.41, 5.74) is 7.40. The molecule has 124 valence electrons.